The Morgan fingerprint density at radius 3 is 2.22 bits per heavy atom. The zero-order chi connectivity index (χ0) is 32.7. The monoisotopic (exact) mass is 682 g/mol. The molecule has 2 aliphatic carbocycles. The SMILES string of the molecule is CCOc1cc(C2C3=CCC4C(=O)N(c5ccc(Cl)cc5)C(=O)C4C3CC3(Cl)C(=O)N(c4ccc(F)cc4)C(=O)C23Cl)ccc1O. The van der Waals surface area contributed by atoms with Crippen LogP contribution in [0.1, 0.15) is 31.2 Å². The summed E-state index contributed by atoms with van der Waals surface area (Å²) in [5, 5.41) is 10.9. The quantitative estimate of drug-likeness (QED) is 0.191. The Labute approximate surface area is 278 Å². The van der Waals surface area contributed by atoms with Crippen molar-refractivity contribution in [2.24, 2.45) is 17.8 Å². The molecule has 2 saturated heterocycles. The predicted octanol–water partition coefficient (Wildman–Crippen LogP) is 6.35. The van der Waals surface area contributed by atoms with Crippen LogP contribution in [0.5, 0.6) is 11.5 Å². The molecule has 236 valence electrons. The lowest BCUT2D eigenvalue weighted by atomic mass is 9.56. The van der Waals surface area contributed by atoms with Crippen LogP contribution in [0, 0.1) is 23.6 Å². The third-order valence-electron chi connectivity index (χ3n) is 9.60. The molecule has 6 atom stereocenters. The predicted molar refractivity (Wildman–Crippen MR) is 170 cm³/mol. The fourth-order valence-corrected chi connectivity index (χ4v) is 8.66. The minimum atomic E-state index is -2.10. The molecule has 1 saturated carbocycles. The van der Waals surface area contributed by atoms with Crippen LogP contribution in [-0.2, 0) is 19.2 Å². The molecule has 0 radical (unpaired) electrons. The largest absolute Gasteiger partial charge is 0.504 e. The van der Waals surface area contributed by atoms with Crippen molar-refractivity contribution in [3.63, 3.8) is 0 Å². The molecule has 0 aromatic heterocycles. The first-order valence-electron chi connectivity index (χ1n) is 14.7. The molecule has 0 spiro atoms. The molecule has 2 heterocycles. The molecule has 7 rings (SSSR count). The Balaban J connectivity index is 1.40. The van der Waals surface area contributed by atoms with E-state index in [1.165, 1.54) is 18.2 Å². The molecule has 3 aromatic rings. The number of carbonyl (C=O) groups is 4. The van der Waals surface area contributed by atoms with E-state index in [9.17, 15) is 28.7 Å². The standard InChI is InChI=1S/C34H26Cl3FN2O6/c1-2-46-26-15-17(3-14-25(26)41)28-22-12-13-23-27(30(43)39(29(23)42)20-8-4-18(35)5-9-20)24(22)16-33(36)31(44)40(32(45)34(28,33)37)21-10-6-19(38)7-11-21/h3-12,14-15,23-24,27-28,41H,2,13,16H2,1H3. The lowest BCUT2D eigenvalue weighted by Gasteiger charge is -2.50. The third kappa shape index (κ3) is 4.18. The number of benzene rings is 3. The maximum absolute atomic E-state index is 14.5. The van der Waals surface area contributed by atoms with Gasteiger partial charge in [-0.25, -0.2) is 9.29 Å². The number of phenolic OH excluding ortho intramolecular Hbond substituents is 1. The zero-order valence-corrected chi connectivity index (χ0v) is 26.5. The van der Waals surface area contributed by atoms with Gasteiger partial charge < -0.3 is 9.84 Å². The summed E-state index contributed by atoms with van der Waals surface area (Å²) in [6.07, 6.45) is 1.79. The van der Waals surface area contributed by atoms with Gasteiger partial charge in [-0.3, -0.25) is 24.1 Å². The number of imide groups is 2. The summed E-state index contributed by atoms with van der Waals surface area (Å²) in [6.45, 7) is 1.98. The summed E-state index contributed by atoms with van der Waals surface area (Å²) in [7, 11) is 0. The van der Waals surface area contributed by atoms with Crippen molar-refractivity contribution < 1.29 is 33.4 Å². The van der Waals surface area contributed by atoms with Gasteiger partial charge in [-0.2, -0.15) is 0 Å². The number of fused-ring (bicyclic) bond motifs is 4. The van der Waals surface area contributed by atoms with Crippen LogP contribution in [0.4, 0.5) is 15.8 Å². The Bertz CT molecular complexity index is 1850. The normalized spacial score (nSPS) is 30.2. The number of allylic oxidation sites excluding steroid dienone is 2. The van der Waals surface area contributed by atoms with Crippen LogP contribution in [-0.4, -0.2) is 45.1 Å². The summed E-state index contributed by atoms with van der Waals surface area (Å²) in [5.41, 5.74) is 1.46. The second-order valence-electron chi connectivity index (χ2n) is 11.9. The van der Waals surface area contributed by atoms with Crippen molar-refractivity contribution in [3.8, 4) is 11.5 Å². The molecule has 2 aliphatic heterocycles. The first-order chi connectivity index (χ1) is 21.9. The molecular weight excluding hydrogens is 658 g/mol. The van der Waals surface area contributed by atoms with Crippen LogP contribution >= 0.6 is 34.8 Å². The number of carbonyl (C=O) groups excluding carboxylic acids is 4. The first kappa shape index (κ1) is 30.7. The highest BCUT2D eigenvalue weighted by Gasteiger charge is 2.76. The van der Waals surface area contributed by atoms with E-state index >= 15 is 0 Å². The molecule has 46 heavy (non-hydrogen) atoms. The maximum Gasteiger partial charge on any atom is 0.258 e. The number of hydrogen-bond donors (Lipinski definition) is 1. The Morgan fingerprint density at radius 1 is 0.891 bits per heavy atom. The van der Waals surface area contributed by atoms with E-state index in [0.29, 0.717) is 21.8 Å². The number of aromatic hydroxyl groups is 1. The zero-order valence-electron chi connectivity index (χ0n) is 24.3. The van der Waals surface area contributed by atoms with Crippen molar-refractivity contribution >= 4 is 69.8 Å². The fraction of sp³-hybridized carbons (Fsp3) is 0.294. The van der Waals surface area contributed by atoms with Gasteiger partial charge in [-0.05, 0) is 91.9 Å². The highest BCUT2D eigenvalue weighted by Crippen LogP contribution is 2.66. The van der Waals surface area contributed by atoms with Crippen LogP contribution in [0.3, 0.4) is 0 Å². The van der Waals surface area contributed by atoms with Crippen LogP contribution in [0.2, 0.25) is 5.02 Å². The number of nitrogens with zero attached hydrogens (tertiary/aromatic N) is 2. The van der Waals surface area contributed by atoms with Gasteiger partial charge >= 0.3 is 0 Å². The smallest absolute Gasteiger partial charge is 0.258 e. The Kier molecular flexibility index (Phi) is 7.23. The number of rotatable bonds is 5. The molecule has 3 fully saturated rings. The molecule has 4 amide bonds. The van der Waals surface area contributed by atoms with E-state index in [1.54, 1.807) is 43.3 Å². The number of hydrogen-bond acceptors (Lipinski definition) is 6. The average Bonchev–Trinajstić information content (AvgIpc) is 3.37. The van der Waals surface area contributed by atoms with E-state index < -0.39 is 57.0 Å². The maximum atomic E-state index is 14.5. The lowest BCUT2D eigenvalue weighted by molar-refractivity contribution is -0.125. The summed E-state index contributed by atoms with van der Waals surface area (Å²) in [4.78, 5) is 54.5. The number of alkyl halides is 2. The van der Waals surface area contributed by atoms with Crippen LogP contribution < -0.4 is 14.5 Å². The molecule has 1 N–H and O–H groups in total. The molecule has 4 aliphatic rings. The van der Waals surface area contributed by atoms with E-state index in [0.717, 1.165) is 21.9 Å². The van der Waals surface area contributed by atoms with E-state index in [1.807, 2.05) is 6.08 Å². The number of anilines is 2. The van der Waals surface area contributed by atoms with Crippen molar-refractivity contribution in [1.29, 1.82) is 0 Å². The Morgan fingerprint density at radius 2 is 1.54 bits per heavy atom. The van der Waals surface area contributed by atoms with Gasteiger partial charge in [0.05, 0.1) is 29.8 Å². The minimum absolute atomic E-state index is 0.0844. The number of phenols is 1. The summed E-state index contributed by atoms with van der Waals surface area (Å²) in [6, 6.07) is 15.7. The van der Waals surface area contributed by atoms with Gasteiger partial charge in [-0.1, -0.05) is 29.3 Å². The average molecular weight is 684 g/mol. The van der Waals surface area contributed by atoms with Gasteiger partial charge in [0.2, 0.25) is 11.8 Å². The van der Waals surface area contributed by atoms with Crippen molar-refractivity contribution in [1.82, 2.24) is 0 Å². The lowest BCUT2D eigenvalue weighted by Crippen LogP contribution is -2.60. The highest BCUT2D eigenvalue weighted by atomic mass is 35.5. The summed E-state index contributed by atoms with van der Waals surface area (Å²) < 4.78 is 19.5. The van der Waals surface area contributed by atoms with Crippen LogP contribution in [0.15, 0.2) is 78.4 Å². The van der Waals surface area contributed by atoms with Gasteiger partial charge in [0, 0.05) is 10.9 Å². The van der Waals surface area contributed by atoms with Crippen molar-refractivity contribution in [2.45, 2.75) is 35.4 Å². The van der Waals surface area contributed by atoms with E-state index in [4.69, 9.17) is 39.5 Å². The first-order valence-corrected chi connectivity index (χ1v) is 15.9. The van der Waals surface area contributed by atoms with Gasteiger partial charge in [-0.15, -0.1) is 23.2 Å². The highest BCUT2D eigenvalue weighted by molar-refractivity contribution is 6.58. The van der Waals surface area contributed by atoms with Gasteiger partial charge in [0.15, 0.2) is 21.2 Å². The van der Waals surface area contributed by atoms with Crippen molar-refractivity contribution in [3.05, 3.63) is 94.8 Å². The Hall–Kier alpha value is -3.92. The number of halogens is 4. The number of amides is 4. The van der Waals surface area contributed by atoms with E-state index in [2.05, 4.69) is 0 Å². The molecule has 3 aromatic carbocycles. The number of ether oxygens (including phenoxy) is 1. The topological polar surface area (TPSA) is 104 Å². The van der Waals surface area contributed by atoms with Gasteiger partial charge in [0.25, 0.3) is 11.8 Å². The van der Waals surface area contributed by atoms with Crippen molar-refractivity contribution in [2.75, 3.05) is 16.4 Å². The second kappa shape index (κ2) is 10.8. The molecule has 6 unspecified atom stereocenters. The van der Waals surface area contributed by atoms with Crippen LogP contribution in [0.25, 0.3) is 0 Å². The summed E-state index contributed by atoms with van der Waals surface area (Å²) in [5.74, 6) is -6.51. The third-order valence-corrected chi connectivity index (χ3v) is 11.3. The van der Waals surface area contributed by atoms with E-state index in [-0.39, 0.29) is 42.5 Å². The molecule has 0 bridgehead atoms. The van der Waals surface area contributed by atoms with Gasteiger partial charge in [0.1, 0.15) is 5.82 Å². The minimum Gasteiger partial charge on any atom is -0.504 e. The summed E-state index contributed by atoms with van der Waals surface area (Å²) >= 11 is 20.8. The molecular formula is C34H26Cl3FN2O6. The second-order valence-corrected chi connectivity index (χ2v) is 13.6. The fourth-order valence-electron chi connectivity index (χ4n) is 7.60. The molecule has 12 heteroatoms. The molecule has 8 nitrogen and oxygen atoms in total.